The second-order valence-corrected chi connectivity index (χ2v) is 3.80. The summed E-state index contributed by atoms with van der Waals surface area (Å²) in [5.41, 5.74) is 8.72. The third-order valence-electron chi connectivity index (χ3n) is 2.09. The molecular weight excluding hydrogens is 242 g/mol. The van der Waals surface area contributed by atoms with Crippen LogP contribution in [0.1, 0.15) is 5.69 Å². The fourth-order valence-electron chi connectivity index (χ4n) is 1.38. The molecule has 0 atom stereocenters. The van der Waals surface area contributed by atoms with Gasteiger partial charge in [0.15, 0.2) is 0 Å². The van der Waals surface area contributed by atoms with Crippen LogP contribution >= 0.6 is 15.9 Å². The maximum Gasteiger partial charge on any atom is 0.0569 e. The molecule has 4 heteroatoms. The number of nitrogens with zero attached hydrogens (tertiary/aromatic N) is 1. The highest BCUT2D eigenvalue weighted by Crippen LogP contribution is 2.29. The van der Waals surface area contributed by atoms with Crippen molar-refractivity contribution in [1.82, 2.24) is 10.2 Å². The number of aromatic nitrogens is 2. The van der Waals surface area contributed by atoms with Crippen LogP contribution in [0, 0.1) is 0 Å². The number of benzene rings is 1. The van der Waals surface area contributed by atoms with Crippen molar-refractivity contribution in [3.63, 3.8) is 0 Å². The number of hydrogen-bond acceptors (Lipinski definition) is 2. The van der Waals surface area contributed by atoms with Gasteiger partial charge in [0.25, 0.3) is 0 Å². The largest absolute Gasteiger partial charge is 0.325 e. The van der Waals surface area contributed by atoms with Crippen LogP contribution in [0.2, 0.25) is 0 Å². The molecule has 0 radical (unpaired) electrons. The van der Waals surface area contributed by atoms with Crippen molar-refractivity contribution < 1.29 is 0 Å². The molecule has 1 aromatic carbocycles. The van der Waals surface area contributed by atoms with Gasteiger partial charge < -0.3 is 5.73 Å². The summed E-state index contributed by atoms with van der Waals surface area (Å²) in [6.07, 6.45) is 1.79. The van der Waals surface area contributed by atoms with Crippen molar-refractivity contribution in [2.75, 3.05) is 0 Å². The Kier molecular flexibility index (Phi) is 2.65. The van der Waals surface area contributed by atoms with Gasteiger partial charge in [-0.05, 0) is 11.6 Å². The van der Waals surface area contributed by atoms with Gasteiger partial charge in [0, 0.05) is 16.6 Å². The first kappa shape index (κ1) is 9.43. The molecule has 0 unspecified atom stereocenters. The normalized spacial score (nSPS) is 10.4. The molecule has 0 saturated heterocycles. The number of hydrogen-bond donors (Lipinski definition) is 2. The maximum absolute atomic E-state index is 5.60. The monoisotopic (exact) mass is 251 g/mol. The molecule has 72 valence electrons. The Morgan fingerprint density at radius 3 is 2.79 bits per heavy atom. The van der Waals surface area contributed by atoms with Crippen molar-refractivity contribution in [3.8, 4) is 11.1 Å². The quantitative estimate of drug-likeness (QED) is 0.861. The van der Waals surface area contributed by atoms with Crippen molar-refractivity contribution in [1.29, 1.82) is 0 Å². The molecule has 14 heavy (non-hydrogen) atoms. The zero-order valence-electron chi connectivity index (χ0n) is 7.50. The van der Waals surface area contributed by atoms with E-state index in [1.807, 2.05) is 24.3 Å². The molecule has 0 fully saturated rings. The van der Waals surface area contributed by atoms with Gasteiger partial charge in [-0.3, -0.25) is 5.10 Å². The fraction of sp³-hybridized carbons (Fsp3) is 0.100. The minimum absolute atomic E-state index is 0.469. The maximum atomic E-state index is 5.60. The zero-order valence-corrected chi connectivity index (χ0v) is 9.08. The van der Waals surface area contributed by atoms with E-state index in [0.717, 1.165) is 21.3 Å². The fourth-order valence-corrected chi connectivity index (χ4v) is 1.88. The van der Waals surface area contributed by atoms with Crippen LogP contribution in [-0.2, 0) is 6.54 Å². The molecule has 3 nitrogen and oxygen atoms in total. The van der Waals surface area contributed by atoms with Crippen LogP contribution in [-0.4, -0.2) is 10.2 Å². The van der Waals surface area contributed by atoms with Gasteiger partial charge in [-0.15, -0.1) is 0 Å². The molecule has 0 bridgehead atoms. The lowest BCUT2D eigenvalue weighted by Crippen LogP contribution is -1.98. The Morgan fingerprint density at radius 2 is 2.07 bits per heavy atom. The summed E-state index contributed by atoms with van der Waals surface area (Å²) in [4.78, 5) is 0. The first-order valence-corrected chi connectivity index (χ1v) is 5.09. The lowest BCUT2D eigenvalue weighted by Gasteiger charge is -2.03. The second-order valence-electron chi connectivity index (χ2n) is 2.95. The van der Waals surface area contributed by atoms with Crippen LogP contribution in [0.5, 0.6) is 0 Å². The van der Waals surface area contributed by atoms with Gasteiger partial charge in [-0.2, -0.15) is 5.10 Å². The SMILES string of the molecule is NCc1[nH]ncc1-c1ccccc1Br. The molecule has 0 amide bonds. The molecule has 0 saturated carbocycles. The van der Waals surface area contributed by atoms with Gasteiger partial charge in [0.05, 0.1) is 11.9 Å². The van der Waals surface area contributed by atoms with E-state index in [-0.39, 0.29) is 0 Å². The van der Waals surface area contributed by atoms with E-state index in [0.29, 0.717) is 6.54 Å². The van der Waals surface area contributed by atoms with Crippen LogP contribution in [0.4, 0.5) is 0 Å². The average Bonchev–Trinajstić information content (AvgIpc) is 2.66. The molecule has 2 aromatic rings. The highest BCUT2D eigenvalue weighted by molar-refractivity contribution is 9.10. The van der Waals surface area contributed by atoms with Gasteiger partial charge >= 0.3 is 0 Å². The van der Waals surface area contributed by atoms with Crippen molar-refractivity contribution >= 4 is 15.9 Å². The first-order chi connectivity index (χ1) is 6.83. The summed E-state index contributed by atoms with van der Waals surface area (Å²) in [5, 5.41) is 6.87. The number of aromatic amines is 1. The molecule has 3 N–H and O–H groups in total. The summed E-state index contributed by atoms with van der Waals surface area (Å²) in [5.74, 6) is 0. The first-order valence-electron chi connectivity index (χ1n) is 4.30. The van der Waals surface area contributed by atoms with Crippen molar-refractivity contribution in [2.45, 2.75) is 6.54 Å². The van der Waals surface area contributed by atoms with Crippen LogP contribution in [0.25, 0.3) is 11.1 Å². The van der Waals surface area contributed by atoms with Crippen LogP contribution < -0.4 is 5.73 Å². The summed E-state index contributed by atoms with van der Waals surface area (Å²) in [7, 11) is 0. The molecule has 1 heterocycles. The van der Waals surface area contributed by atoms with E-state index in [9.17, 15) is 0 Å². The average molecular weight is 252 g/mol. The highest BCUT2D eigenvalue weighted by atomic mass is 79.9. The van der Waals surface area contributed by atoms with E-state index in [1.54, 1.807) is 6.20 Å². The number of nitrogens with two attached hydrogens (primary N) is 1. The molecule has 0 aliphatic rings. The smallest absolute Gasteiger partial charge is 0.0569 e. The predicted octanol–water partition coefficient (Wildman–Crippen LogP) is 2.30. The van der Waals surface area contributed by atoms with E-state index in [2.05, 4.69) is 26.1 Å². The Hall–Kier alpha value is -1.13. The minimum Gasteiger partial charge on any atom is -0.325 e. The highest BCUT2D eigenvalue weighted by Gasteiger charge is 2.08. The summed E-state index contributed by atoms with van der Waals surface area (Å²) in [6.45, 7) is 0.469. The van der Waals surface area contributed by atoms with Crippen LogP contribution in [0.15, 0.2) is 34.9 Å². The number of nitrogens with one attached hydrogen (secondary N) is 1. The standard InChI is InChI=1S/C10H10BrN3/c11-9-4-2-1-3-7(9)8-6-13-14-10(8)5-12/h1-4,6H,5,12H2,(H,13,14). The van der Waals surface area contributed by atoms with Crippen molar-refractivity contribution in [3.05, 3.63) is 40.6 Å². The molecule has 1 aromatic heterocycles. The van der Waals surface area contributed by atoms with Crippen molar-refractivity contribution in [2.24, 2.45) is 5.73 Å². The van der Waals surface area contributed by atoms with E-state index in [4.69, 9.17) is 5.73 Å². The minimum atomic E-state index is 0.469. The van der Waals surface area contributed by atoms with Gasteiger partial charge in [0.2, 0.25) is 0 Å². The van der Waals surface area contributed by atoms with E-state index >= 15 is 0 Å². The Balaban J connectivity index is 2.54. The molecule has 0 spiro atoms. The third kappa shape index (κ3) is 1.58. The van der Waals surface area contributed by atoms with Gasteiger partial charge in [-0.1, -0.05) is 34.1 Å². The summed E-state index contributed by atoms with van der Waals surface area (Å²) < 4.78 is 1.05. The molecular formula is C10H10BrN3. The lowest BCUT2D eigenvalue weighted by molar-refractivity contribution is 0.948. The van der Waals surface area contributed by atoms with E-state index < -0.39 is 0 Å². The topological polar surface area (TPSA) is 54.7 Å². The summed E-state index contributed by atoms with van der Waals surface area (Å²) in [6, 6.07) is 8.01. The van der Waals surface area contributed by atoms with Gasteiger partial charge in [-0.25, -0.2) is 0 Å². The number of halogens is 1. The molecule has 0 aliphatic carbocycles. The lowest BCUT2D eigenvalue weighted by atomic mass is 10.1. The third-order valence-corrected chi connectivity index (χ3v) is 2.78. The Bertz CT molecular complexity index is 436. The second kappa shape index (κ2) is 3.94. The number of H-pyrrole nitrogens is 1. The Labute approximate surface area is 90.5 Å². The van der Waals surface area contributed by atoms with Gasteiger partial charge in [0.1, 0.15) is 0 Å². The predicted molar refractivity (Wildman–Crippen MR) is 59.6 cm³/mol. The summed E-state index contributed by atoms with van der Waals surface area (Å²) >= 11 is 3.50. The zero-order chi connectivity index (χ0) is 9.97. The molecule has 0 aliphatic heterocycles. The number of rotatable bonds is 2. The van der Waals surface area contributed by atoms with E-state index in [1.165, 1.54) is 0 Å². The Morgan fingerprint density at radius 1 is 1.29 bits per heavy atom. The van der Waals surface area contributed by atoms with Crippen LogP contribution in [0.3, 0.4) is 0 Å². The molecule has 2 rings (SSSR count).